The Morgan fingerprint density at radius 2 is 2.00 bits per heavy atom. The van der Waals surface area contributed by atoms with Gasteiger partial charge in [0.25, 0.3) is 5.56 Å². The number of nitrogens with one attached hydrogen (secondary N) is 3. The molecule has 0 amide bonds. The van der Waals surface area contributed by atoms with Crippen molar-refractivity contribution in [3.8, 4) is 6.07 Å². The Hall–Kier alpha value is -3.43. The molecule has 12 heteroatoms. The van der Waals surface area contributed by atoms with Gasteiger partial charge >= 0.3 is 6.18 Å². The van der Waals surface area contributed by atoms with Crippen molar-refractivity contribution in [3.63, 3.8) is 0 Å². The number of nitrogens with zero attached hydrogens (tertiary/aromatic N) is 3. The van der Waals surface area contributed by atoms with Crippen molar-refractivity contribution in [2.45, 2.75) is 55.5 Å². The van der Waals surface area contributed by atoms with E-state index in [-0.39, 0.29) is 55.8 Å². The van der Waals surface area contributed by atoms with Crippen LogP contribution in [0.1, 0.15) is 37.7 Å². The van der Waals surface area contributed by atoms with Gasteiger partial charge in [-0.25, -0.2) is 4.39 Å². The molecule has 5 rings (SSSR count). The maximum atomic E-state index is 15.3. The lowest BCUT2D eigenvalue weighted by Gasteiger charge is -2.40. The summed E-state index contributed by atoms with van der Waals surface area (Å²) in [5, 5.41) is 19.8. The Morgan fingerprint density at radius 3 is 2.65 bits per heavy atom. The maximum Gasteiger partial charge on any atom is 0.410 e. The minimum atomic E-state index is -4.47. The molecular weight excluding hydrogens is 492 g/mol. The molecule has 2 saturated heterocycles. The van der Waals surface area contributed by atoms with Crippen LogP contribution >= 0.6 is 0 Å². The predicted molar refractivity (Wildman–Crippen MR) is 128 cm³/mol. The molecule has 0 spiro atoms. The maximum absolute atomic E-state index is 15.3. The van der Waals surface area contributed by atoms with Crippen molar-refractivity contribution in [1.29, 1.82) is 5.26 Å². The monoisotopic (exact) mass is 518 g/mol. The van der Waals surface area contributed by atoms with Gasteiger partial charge in [-0.15, -0.1) is 0 Å². The summed E-state index contributed by atoms with van der Waals surface area (Å²) in [4.78, 5) is 15.4. The zero-order chi connectivity index (χ0) is 26.3. The van der Waals surface area contributed by atoms with Crippen molar-refractivity contribution in [3.05, 3.63) is 52.4 Å². The summed E-state index contributed by atoms with van der Waals surface area (Å²) in [7, 11) is 0. The molecule has 8 nitrogen and oxygen atoms in total. The lowest BCUT2D eigenvalue weighted by atomic mass is 9.81. The normalized spacial score (nSPS) is 26.6. The van der Waals surface area contributed by atoms with Gasteiger partial charge in [0.15, 0.2) is 5.82 Å². The van der Waals surface area contributed by atoms with E-state index < -0.39 is 29.0 Å². The number of H-pyrrole nitrogens is 1. The van der Waals surface area contributed by atoms with Crippen LogP contribution in [0.4, 0.5) is 29.1 Å². The highest BCUT2D eigenvalue weighted by Gasteiger charge is 2.56. The van der Waals surface area contributed by atoms with Crippen molar-refractivity contribution >= 4 is 22.4 Å². The number of hydrogen-bond acceptors (Lipinski definition) is 6. The minimum Gasteiger partial charge on any atom is -0.378 e. The van der Waals surface area contributed by atoms with E-state index in [4.69, 9.17) is 4.74 Å². The molecule has 3 aromatic rings. The van der Waals surface area contributed by atoms with E-state index in [0.717, 1.165) is 0 Å². The number of pyridine rings is 1. The summed E-state index contributed by atoms with van der Waals surface area (Å²) in [6, 6.07) is 9.43. The van der Waals surface area contributed by atoms with Gasteiger partial charge in [0.2, 0.25) is 0 Å². The van der Waals surface area contributed by atoms with E-state index in [2.05, 4.69) is 20.7 Å². The van der Waals surface area contributed by atoms with Gasteiger partial charge < -0.3 is 15.0 Å². The summed E-state index contributed by atoms with van der Waals surface area (Å²) in [6.07, 6.45) is -3.48. The highest BCUT2D eigenvalue weighted by Crippen LogP contribution is 2.45. The van der Waals surface area contributed by atoms with Gasteiger partial charge in [0, 0.05) is 18.5 Å². The van der Waals surface area contributed by atoms with Gasteiger partial charge in [-0.3, -0.25) is 14.8 Å². The van der Waals surface area contributed by atoms with Crippen LogP contribution in [0.5, 0.6) is 0 Å². The number of aromatic amines is 1. The Morgan fingerprint density at radius 1 is 1.22 bits per heavy atom. The van der Waals surface area contributed by atoms with Gasteiger partial charge in [0.05, 0.1) is 24.6 Å². The number of halogens is 4. The largest absolute Gasteiger partial charge is 0.410 e. The molecule has 2 aromatic heterocycles. The quantitative estimate of drug-likeness (QED) is 0.433. The van der Waals surface area contributed by atoms with Crippen LogP contribution in [0.3, 0.4) is 0 Å². The standard InChI is InChI=1S/C25H26F4N6O2/c26-19-15-37-14-10-23(19,9-11-30)35-18-7-13-31-22(36)20(18)21(34-35)33-17-5-3-16(4-6-17)24(25(27,28)29)8-1-2-12-32-24/h3-7,13,19,32H,1-2,8-10,12,14-15H2,(H,31,36)(H,33,34)/t19-,23+,24+/m1/s1. The Bertz CT molecular complexity index is 1370. The average molecular weight is 519 g/mol. The van der Waals surface area contributed by atoms with E-state index >= 15 is 4.39 Å². The molecule has 2 fully saturated rings. The third-order valence-electron chi connectivity index (χ3n) is 7.47. The Balaban J connectivity index is 1.54. The Labute approximate surface area is 209 Å². The van der Waals surface area contributed by atoms with E-state index in [1.165, 1.54) is 35.1 Å². The molecule has 0 aliphatic carbocycles. The first-order valence-electron chi connectivity index (χ1n) is 12.1. The predicted octanol–water partition coefficient (Wildman–Crippen LogP) is 4.37. The molecule has 3 atom stereocenters. The number of aromatic nitrogens is 3. The molecule has 0 radical (unpaired) electrons. The second kappa shape index (κ2) is 9.46. The van der Waals surface area contributed by atoms with Crippen LogP contribution in [-0.4, -0.2) is 46.9 Å². The molecule has 3 N–H and O–H groups in total. The number of hydrogen-bond donors (Lipinski definition) is 3. The van der Waals surface area contributed by atoms with E-state index in [1.807, 2.05) is 6.07 Å². The molecule has 0 unspecified atom stereocenters. The molecule has 1 aromatic carbocycles. The summed E-state index contributed by atoms with van der Waals surface area (Å²) in [5.74, 6) is 0.113. The number of alkyl halides is 4. The highest BCUT2D eigenvalue weighted by atomic mass is 19.4. The summed E-state index contributed by atoms with van der Waals surface area (Å²) in [6.45, 7) is 0.300. The fourth-order valence-electron chi connectivity index (χ4n) is 5.43. The fourth-order valence-corrected chi connectivity index (χ4v) is 5.43. The number of fused-ring (bicyclic) bond motifs is 1. The van der Waals surface area contributed by atoms with Gasteiger partial charge in [-0.1, -0.05) is 12.1 Å². The van der Waals surface area contributed by atoms with E-state index in [9.17, 15) is 23.2 Å². The van der Waals surface area contributed by atoms with Crippen molar-refractivity contribution in [2.75, 3.05) is 25.1 Å². The van der Waals surface area contributed by atoms with Crippen LogP contribution in [0.25, 0.3) is 10.9 Å². The van der Waals surface area contributed by atoms with Crippen LogP contribution < -0.4 is 16.2 Å². The summed E-state index contributed by atoms with van der Waals surface area (Å²) in [5.41, 5.74) is -3.06. The third-order valence-corrected chi connectivity index (χ3v) is 7.47. The molecule has 4 heterocycles. The summed E-state index contributed by atoms with van der Waals surface area (Å²) < 4.78 is 64.1. The molecule has 0 bridgehead atoms. The number of nitriles is 1. The molecule has 37 heavy (non-hydrogen) atoms. The van der Waals surface area contributed by atoms with Gasteiger partial charge in [-0.05, 0) is 56.0 Å². The topological polar surface area (TPSA) is 108 Å². The van der Waals surface area contributed by atoms with Crippen molar-refractivity contribution in [1.82, 2.24) is 20.1 Å². The number of benzene rings is 1. The number of anilines is 2. The SMILES string of the molecule is N#CC[C@]1(n2nc(Nc3ccc([C@]4(C(F)(F)F)CCCCN4)cc3)c3c(=O)[nH]ccc32)CCOC[C@H]1F. The zero-order valence-corrected chi connectivity index (χ0v) is 19.9. The fraction of sp³-hybridized carbons (Fsp3) is 0.480. The number of piperidine rings is 1. The summed E-state index contributed by atoms with van der Waals surface area (Å²) >= 11 is 0. The molecule has 2 aliphatic rings. The second-order valence-corrected chi connectivity index (χ2v) is 9.55. The third kappa shape index (κ3) is 4.16. The van der Waals surface area contributed by atoms with E-state index in [1.54, 1.807) is 6.07 Å². The lowest BCUT2D eigenvalue weighted by Crippen LogP contribution is -2.56. The Kier molecular flexibility index (Phi) is 6.45. The van der Waals surface area contributed by atoms with Crippen LogP contribution in [0.2, 0.25) is 0 Å². The van der Waals surface area contributed by atoms with Crippen LogP contribution in [0, 0.1) is 11.3 Å². The van der Waals surface area contributed by atoms with E-state index in [0.29, 0.717) is 24.0 Å². The first kappa shape index (κ1) is 25.2. The van der Waals surface area contributed by atoms with Crippen LogP contribution in [-0.2, 0) is 15.8 Å². The van der Waals surface area contributed by atoms with Crippen molar-refractivity contribution < 1.29 is 22.3 Å². The average Bonchev–Trinajstić information content (AvgIpc) is 3.26. The van der Waals surface area contributed by atoms with Crippen molar-refractivity contribution in [2.24, 2.45) is 0 Å². The number of rotatable bonds is 5. The first-order chi connectivity index (χ1) is 17.7. The molecule has 2 aliphatic heterocycles. The van der Waals surface area contributed by atoms with Gasteiger partial charge in [0.1, 0.15) is 22.6 Å². The molecular formula is C25H26F4N6O2. The highest BCUT2D eigenvalue weighted by molar-refractivity contribution is 5.91. The number of ether oxygens (including phenoxy) is 1. The van der Waals surface area contributed by atoms with Gasteiger partial charge in [-0.2, -0.15) is 23.5 Å². The lowest BCUT2D eigenvalue weighted by molar-refractivity contribution is -0.207. The van der Waals surface area contributed by atoms with Crippen LogP contribution in [0.15, 0.2) is 41.3 Å². The second-order valence-electron chi connectivity index (χ2n) is 9.55. The first-order valence-corrected chi connectivity index (χ1v) is 12.1. The molecule has 196 valence electrons. The minimum absolute atomic E-state index is 0.0528. The molecule has 0 saturated carbocycles. The smallest absolute Gasteiger partial charge is 0.378 e. The zero-order valence-electron chi connectivity index (χ0n) is 19.9.